The van der Waals surface area contributed by atoms with Crippen molar-refractivity contribution in [2.75, 3.05) is 0 Å². The van der Waals surface area contributed by atoms with Crippen LogP contribution in [0, 0.1) is 0 Å². The number of oxazole rings is 1. The van der Waals surface area contributed by atoms with Gasteiger partial charge in [0, 0.05) is 19.1 Å². The fourth-order valence-corrected chi connectivity index (χ4v) is 3.39. The Morgan fingerprint density at radius 1 is 0.914 bits per heavy atom. The van der Waals surface area contributed by atoms with Crippen LogP contribution >= 0.6 is 0 Å². The SMILES string of the molecule is CC(C)NC(=O)c1coc(CN(Cc2cccc(C(F)(F)F)c2)Cc2cccc(C(F)(F)F)c2)n1. The molecule has 1 N–H and O–H groups in total. The molecule has 0 spiro atoms. The van der Waals surface area contributed by atoms with E-state index in [1.165, 1.54) is 24.3 Å². The normalized spacial score (nSPS) is 12.4. The molecule has 0 bridgehead atoms. The summed E-state index contributed by atoms with van der Waals surface area (Å²) in [6.07, 6.45) is -7.92. The van der Waals surface area contributed by atoms with Crippen LogP contribution in [0.4, 0.5) is 26.3 Å². The number of nitrogens with one attached hydrogen (secondary N) is 1. The van der Waals surface area contributed by atoms with Crippen LogP contribution in [0.2, 0.25) is 0 Å². The minimum absolute atomic E-state index is 0.0202. The zero-order valence-corrected chi connectivity index (χ0v) is 18.9. The van der Waals surface area contributed by atoms with E-state index in [1.807, 2.05) is 0 Å². The van der Waals surface area contributed by atoms with Crippen LogP contribution in [0.15, 0.2) is 59.2 Å². The second kappa shape index (κ2) is 10.5. The molecule has 188 valence electrons. The number of nitrogens with zero attached hydrogens (tertiary/aromatic N) is 2. The van der Waals surface area contributed by atoms with Gasteiger partial charge in [-0.3, -0.25) is 9.69 Å². The van der Waals surface area contributed by atoms with Crippen LogP contribution in [0.25, 0.3) is 0 Å². The molecule has 3 aromatic rings. The number of aromatic nitrogens is 1. The molecule has 0 saturated heterocycles. The second-order valence-electron chi connectivity index (χ2n) is 8.30. The van der Waals surface area contributed by atoms with E-state index in [1.54, 1.807) is 18.7 Å². The number of carbonyl (C=O) groups is 1. The van der Waals surface area contributed by atoms with Crippen molar-refractivity contribution >= 4 is 5.91 Å². The Morgan fingerprint density at radius 3 is 1.89 bits per heavy atom. The van der Waals surface area contributed by atoms with Crippen LogP contribution in [0.1, 0.15) is 52.5 Å². The zero-order valence-electron chi connectivity index (χ0n) is 18.9. The summed E-state index contributed by atoms with van der Waals surface area (Å²) in [4.78, 5) is 17.8. The quantitative estimate of drug-likeness (QED) is 0.383. The van der Waals surface area contributed by atoms with Gasteiger partial charge in [-0.1, -0.05) is 36.4 Å². The molecule has 3 rings (SSSR count). The highest BCUT2D eigenvalue weighted by Crippen LogP contribution is 2.31. The molecule has 0 aliphatic heterocycles. The first kappa shape index (κ1) is 26.3. The maximum absolute atomic E-state index is 13.1. The Kier molecular flexibility index (Phi) is 7.89. The van der Waals surface area contributed by atoms with Gasteiger partial charge < -0.3 is 9.73 Å². The van der Waals surface area contributed by atoms with Gasteiger partial charge in [-0.15, -0.1) is 0 Å². The Bertz CT molecular complexity index is 1090. The zero-order chi connectivity index (χ0) is 25.8. The van der Waals surface area contributed by atoms with Crippen molar-refractivity contribution in [3.05, 3.63) is 88.6 Å². The van der Waals surface area contributed by atoms with Crippen molar-refractivity contribution in [1.29, 1.82) is 0 Å². The fourth-order valence-electron chi connectivity index (χ4n) is 3.39. The summed E-state index contributed by atoms with van der Waals surface area (Å²) in [5, 5.41) is 2.66. The topological polar surface area (TPSA) is 58.4 Å². The van der Waals surface area contributed by atoms with Crippen LogP contribution in [-0.2, 0) is 32.0 Å². The molecule has 1 amide bonds. The smallest absolute Gasteiger partial charge is 0.416 e. The Labute approximate surface area is 197 Å². The van der Waals surface area contributed by atoms with Crippen molar-refractivity contribution in [1.82, 2.24) is 15.2 Å². The van der Waals surface area contributed by atoms with E-state index >= 15 is 0 Å². The van der Waals surface area contributed by atoms with E-state index in [2.05, 4.69) is 10.3 Å². The average Bonchev–Trinajstić information content (AvgIpc) is 3.21. The molecule has 0 aliphatic rings. The number of amides is 1. The van der Waals surface area contributed by atoms with Crippen LogP contribution in [-0.4, -0.2) is 21.8 Å². The van der Waals surface area contributed by atoms with Gasteiger partial charge in [-0.05, 0) is 37.1 Å². The van der Waals surface area contributed by atoms with E-state index in [-0.39, 0.29) is 37.3 Å². The van der Waals surface area contributed by atoms with Crippen LogP contribution in [0.5, 0.6) is 0 Å². The van der Waals surface area contributed by atoms with Gasteiger partial charge in [0.15, 0.2) is 5.69 Å². The van der Waals surface area contributed by atoms with E-state index in [9.17, 15) is 31.1 Å². The van der Waals surface area contributed by atoms with Gasteiger partial charge in [0.05, 0.1) is 17.7 Å². The van der Waals surface area contributed by atoms with E-state index in [4.69, 9.17) is 4.42 Å². The van der Waals surface area contributed by atoms with E-state index < -0.39 is 29.4 Å². The summed E-state index contributed by atoms with van der Waals surface area (Å²) in [6.45, 7) is 3.42. The molecule has 0 saturated carbocycles. The minimum atomic E-state index is -4.54. The Hall–Kier alpha value is -3.34. The summed E-state index contributed by atoms with van der Waals surface area (Å²) >= 11 is 0. The first-order chi connectivity index (χ1) is 16.3. The largest absolute Gasteiger partial charge is 0.447 e. The fraction of sp³-hybridized carbons (Fsp3) is 0.333. The van der Waals surface area contributed by atoms with Gasteiger partial charge >= 0.3 is 12.4 Å². The summed E-state index contributed by atoms with van der Waals surface area (Å²) in [6, 6.07) is 9.22. The van der Waals surface area contributed by atoms with Gasteiger partial charge in [0.2, 0.25) is 5.89 Å². The molecule has 11 heteroatoms. The molecule has 0 unspecified atom stereocenters. The highest BCUT2D eigenvalue weighted by Gasteiger charge is 2.31. The van der Waals surface area contributed by atoms with Crippen molar-refractivity contribution in [2.24, 2.45) is 0 Å². The molecule has 1 aromatic heterocycles. The predicted octanol–water partition coefficient (Wildman–Crippen LogP) is 6.05. The highest BCUT2D eigenvalue weighted by molar-refractivity contribution is 5.92. The number of carbonyl (C=O) groups excluding carboxylic acids is 1. The Balaban J connectivity index is 1.86. The number of hydrogen-bond acceptors (Lipinski definition) is 4. The molecule has 0 fully saturated rings. The standard InChI is InChI=1S/C24H23F6N3O2/c1-15(2)31-22(34)20-14-35-21(32-20)13-33(11-16-5-3-7-18(9-16)23(25,26)27)12-17-6-4-8-19(10-17)24(28,29)30/h3-10,14-15H,11-13H2,1-2H3,(H,31,34). The first-order valence-electron chi connectivity index (χ1n) is 10.6. The van der Waals surface area contributed by atoms with Crippen molar-refractivity contribution in [3.8, 4) is 0 Å². The maximum Gasteiger partial charge on any atom is 0.416 e. The molecule has 1 heterocycles. The molecule has 0 aliphatic carbocycles. The monoisotopic (exact) mass is 499 g/mol. The lowest BCUT2D eigenvalue weighted by molar-refractivity contribution is -0.138. The molecular weight excluding hydrogens is 476 g/mol. The number of rotatable bonds is 8. The lowest BCUT2D eigenvalue weighted by atomic mass is 10.1. The number of halogens is 6. The lowest BCUT2D eigenvalue weighted by Crippen LogP contribution is -2.30. The van der Waals surface area contributed by atoms with Crippen molar-refractivity contribution in [3.63, 3.8) is 0 Å². The maximum atomic E-state index is 13.1. The Morgan fingerprint density at radius 2 is 1.43 bits per heavy atom. The van der Waals surface area contributed by atoms with Crippen molar-refractivity contribution < 1.29 is 35.6 Å². The summed E-state index contributed by atoms with van der Waals surface area (Å²) < 4.78 is 84.2. The molecule has 0 radical (unpaired) electrons. The molecule has 5 nitrogen and oxygen atoms in total. The molecule has 0 atom stereocenters. The third-order valence-electron chi connectivity index (χ3n) is 4.88. The molecule has 2 aromatic carbocycles. The summed E-state index contributed by atoms with van der Waals surface area (Å²) in [5.41, 5.74) is -1.05. The van der Waals surface area contributed by atoms with Gasteiger partial charge in [0.25, 0.3) is 5.91 Å². The van der Waals surface area contributed by atoms with E-state index in [0.29, 0.717) is 11.1 Å². The highest BCUT2D eigenvalue weighted by atomic mass is 19.4. The predicted molar refractivity (Wildman–Crippen MR) is 115 cm³/mol. The van der Waals surface area contributed by atoms with Crippen LogP contribution < -0.4 is 5.32 Å². The van der Waals surface area contributed by atoms with Gasteiger partial charge in [-0.2, -0.15) is 26.3 Å². The summed E-state index contributed by atoms with van der Waals surface area (Å²) in [7, 11) is 0. The van der Waals surface area contributed by atoms with Gasteiger partial charge in [-0.25, -0.2) is 4.98 Å². The minimum Gasteiger partial charge on any atom is -0.447 e. The van der Waals surface area contributed by atoms with E-state index in [0.717, 1.165) is 30.5 Å². The third kappa shape index (κ3) is 7.57. The van der Waals surface area contributed by atoms with Crippen LogP contribution in [0.3, 0.4) is 0 Å². The van der Waals surface area contributed by atoms with Crippen molar-refractivity contribution in [2.45, 2.75) is 51.9 Å². The second-order valence-corrected chi connectivity index (χ2v) is 8.30. The third-order valence-corrected chi connectivity index (χ3v) is 4.88. The first-order valence-corrected chi connectivity index (χ1v) is 10.6. The lowest BCUT2D eigenvalue weighted by Gasteiger charge is -2.22. The average molecular weight is 499 g/mol. The van der Waals surface area contributed by atoms with Gasteiger partial charge in [0.1, 0.15) is 6.26 Å². The summed E-state index contributed by atoms with van der Waals surface area (Å²) in [5.74, 6) is -0.366. The number of hydrogen-bond donors (Lipinski definition) is 1. The number of alkyl halides is 6. The molecule has 35 heavy (non-hydrogen) atoms. The molecular formula is C24H23F6N3O2. The number of benzene rings is 2.